The summed E-state index contributed by atoms with van der Waals surface area (Å²) < 4.78 is 39.9. The Balaban J connectivity index is 2.10. The van der Waals surface area contributed by atoms with E-state index in [0.717, 1.165) is 0 Å². The number of rotatable bonds is 2. The van der Waals surface area contributed by atoms with Gasteiger partial charge in [-0.1, -0.05) is 0 Å². The van der Waals surface area contributed by atoms with Gasteiger partial charge in [-0.15, -0.1) is 0 Å². The van der Waals surface area contributed by atoms with E-state index in [4.69, 9.17) is 12.2 Å². The number of fused-ring (bicyclic) bond motifs is 1. The SMILES string of the molecule is O=S1(=O)CCCC1Cn1c(=S)[nH]c2cc(F)c(Br)cc21. The molecule has 1 fully saturated rings. The van der Waals surface area contributed by atoms with Gasteiger partial charge in [0.15, 0.2) is 14.6 Å². The Bertz CT molecular complexity index is 841. The molecule has 0 spiro atoms. The number of nitrogens with one attached hydrogen (secondary N) is 1. The first-order valence-corrected chi connectivity index (χ1v) is 9.09. The van der Waals surface area contributed by atoms with Crippen molar-refractivity contribution >= 4 is 49.0 Å². The van der Waals surface area contributed by atoms with Crippen LogP contribution in [-0.2, 0) is 16.4 Å². The quantitative estimate of drug-likeness (QED) is 0.816. The molecule has 8 heteroatoms. The van der Waals surface area contributed by atoms with Crippen LogP contribution in [0.1, 0.15) is 12.8 Å². The van der Waals surface area contributed by atoms with Crippen LogP contribution >= 0.6 is 28.1 Å². The molecule has 1 unspecified atom stereocenters. The fourth-order valence-electron chi connectivity index (χ4n) is 2.60. The number of aromatic amines is 1. The van der Waals surface area contributed by atoms with Crippen molar-refractivity contribution in [3.05, 3.63) is 27.2 Å². The minimum absolute atomic E-state index is 0.242. The number of hydrogen-bond acceptors (Lipinski definition) is 3. The van der Waals surface area contributed by atoms with Crippen LogP contribution in [0.2, 0.25) is 0 Å². The molecule has 1 atom stereocenters. The Morgan fingerprint density at radius 2 is 2.25 bits per heavy atom. The van der Waals surface area contributed by atoms with E-state index >= 15 is 0 Å². The van der Waals surface area contributed by atoms with Crippen LogP contribution in [0.15, 0.2) is 16.6 Å². The smallest absolute Gasteiger partial charge is 0.178 e. The minimum Gasteiger partial charge on any atom is -0.330 e. The van der Waals surface area contributed by atoms with Crippen molar-refractivity contribution in [1.29, 1.82) is 0 Å². The third-order valence-corrected chi connectivity index (χ3v) is 6.85. The first kappa shape index (κ1) is 14.2. The molecule has 1 aromatic heterocycles. The second-order valence-corrected chi connectivity index (χ2v) is 8.60. The van der Waals surface area contributed by atoms with Gasteiger partial charge in [-0.05, 0) is 47.1 Å². The van der Waals surface area contributed by atoms with E-state index in [2.05, 4.69) is 20.9 Å². The molecule has 0 saturated carbocycles. The number of benzene rings is 1. The summed E-state index contributed by atoms with van der Waals surface area (Å²) in [6.07, 6.45) is 1.35. The Morgan fingerprint density at radius 1 is 1.50 bits per heavy atom. The third kappa shape index (κ3) is 2.33. The Morgan fingerprint density at radius 3 is 2.90 bits per heavy atom. The molecule has 0 aliphatic carbocycles. The van der Waals surface area contributed by atoms with E-state index in [1.54, 1.807) is 10.6 Å². The lowest BCUT2D eigenvalue weighted by Crippen LogP contribution is -2.22. The predicted octanol–water partition coefficient (Wildman–Crippen LogP) is 3.18. The van der Waals surface area contributed by atoms with Gasteiger partial charge in [-0.3, -0.25) is 0 Å². The summed E-state index contributed by atoms with van der Waals surface area (Å²) in [5, 5.41) is -0.406. The summed E-state index contributed by atoms with van der Waals surface area (Å²) in [5.74, 6) is -0.138. The monoisotopic (exact) mass is 378 g/mol. The molecule has 4 nitrogen and oxygen atoms in total. The van der Waals surface area contributed by atoms with Crippen molar-refractivity contribution < 1.29 is 12.8 Å². The van der Waals surface area contributed by atoms with Gasteiger partial charge in [0, 0.05) is 12.6 Å². The largest absolute Gasteiger partial charge is 0.330 e. The van der Waals surface area contributed by atoms with Crippen molar-refractivity contribution in [3.63, 3.8) is 0 Å². The predicted molar refractivity (Wildman–Crippen MR) is 81.6 cm³/mol. The van der Waals surface area contributed by atoms with Crippen molar-refractivity contribution in [2.75, 3.05) is 5.75 Å². The van der Waals surface area contributed by atoms with E-state index in [1.165, 1.54) is 6.07 Å². The molecule has 1 aliphatic rings. The van der Waals surface area contributed by atoms with E-state index in [0.29, 0.717) is 39.7 Å². The fraction of sp³-hybridized carbons (Fsp3) is 0.417. The molecule has 0 bridgehead atoms. The van der Waals surface area contributed by atoms with Crippen molar-refractivity contribution in [2.45, 2.75) is 24.6 Å². The standard InChI is InChI=1S/C12H12BrFN2O2S2/c13-8-4-11-10(5-9(8)14)15-12(19)16(11)6-7-2-1-3-20(7,17)18/h4-5,7H,1-3,6H2,(H,15,19). The topological polar surface area (TPSA) is 54.9 Å². The Labute approximate surface area is 129 Å². The lowest BCUT2D eigenvalue weighted by Gasteiger charge is -2.11. The van der Waals surface area contributed by atoms with E-state index in [1.807, 2.05) is 0 Å². The summed E-state index contributed by atoms with van der Waals surface area (Å²) >= 11 is 8.36. The van der Waals surface area contributed by atoms with Gasteiger partial charge in [-0.25, -0.2) is 12.8 Å². The second-order valence-electron chi connectivity index (χ2n) is 4.96. The first-order chi connectivity index (χ1) is 9.38. The molecule has 2 aromatic rings. The maximum absolute atomic E-state index is 13.5. The highest BCUT2D eigenvalue weighted by Crippen LogP contribution is 2.26. The molecule has 20 heavy (non-hydrogen) atoms. The second kappa shape index (κ2) is 4.92. The highest BCUT2D eigenvalue weighted by atomic mass is 79.9. The molecule has 1 N–H and O–H groups in total. The zero-order valence-electron chi connectivity index (χ0n) is 10.4. The van der Waals surface area contributed by atoms with Crippen LogP contribution in [0, 0.1) is 10.6 Å². The van der Waals surface area contributed by atoms with Crippen molar-refractivity contribution in [3.8, 4) is 0 Å². The van der Waals surface area contributed by atoms with Gasteiger partial charge < -0.3 is 9.55 Å². The van der Waals surface area contributed by atoms with E-state index in [9.17, 15) is 12.8 Å². The van der Waals surface area contributed by atoms with Gasteiger partial charge in [0.1, 0.15) is 5.82 Å². The van der Waals surface area contributed by atoms with Crippen LogP contribution in [0.3, 0.4) is 0 Å². The minimum atomic E-state index is -3.03. The average Bonchev–Trinajstić information content (AvgIpc) is 2.83. The van der Waals surface area contributed by atoms with Crippen LogP contribution in [-0.4, -0.2) is 29.0 Å². The van der Waals surface area contributed by atoms with Gasteiger partial charge in [0.2, 0.25) is 0 Å². The highest BCUT2D eigenvalue weighted by molar-refractivity contribution is 9.10. The zero-order chi connectivity index (χ0) is 14.5. The number of nitrogens with zero attached hydrogens (tertiary/aromatic N) is 1. The zero-order valence-corrected chi connectivity index (χ0v) is 13.6. The van der Waals surface area contributed by atoms with Crippen LogP contribution in [0.4, 0.5) is 4.39 Å². The molecule has 3 rings (SSSR count). The van der Waals surface area contributed by atoms with E-state index in [-0.39, 0.29) is 11.6 Å². The normalized spacial score (nSPS) is 21.6. The molecule has 2 heterocycles. The first-order valence-electron chi connectivity index (χ1n) is 6.17. The van der Waals surface area contributed by atoms with Crippen molar-refractivity contribution in [2.24, 2.45) is 0 Å². The number of sulfone groups is 1. The van der Waals surface area contributed by atoms with Crippen LogP contribution in [0.5, 0.6) is 0 Å². The summed E-state index contributed by atoms with van der Waals surface area (Å²) in [5.41, 5.74) is 1.29. The maximum atomic E-state index is 13.5. The highest BCUT2D eigenvalue weighted by Gasteiger charge is 2.32. The van der Waals surface area contributed by atoms with Crippen molar-refractivity contribution in [1.82, 2.24) is 9.55 Å². The maximum Gasteiger partial charge on any atom is 0.178 e. The molecule has 108 valence electrons. The van der Waals surface area contributed by atoms with Crippen LogP contribution in [0.25, 0.3) is 11.0 Å². The number of imidazole rings is 1. The molecule has 0 radical (unpaired) electrons. The fourth-order valence-corrected chi connectivity index (χ4v) is 5.02. The van der Waals surface area contributed by atoms with E-state index < -0.39 is 15.1 Å². The summed E-state index contributed by atoms with van der Waals surface area (Å²) in [6, 6.07) is 2.98. The third-order valence-electron chi connectivity index (χ3n) is 3.67. The molecular formula is C12H12BrFN2O2S2. The summed E-state index contributed by atoms with van der Waals surface area (Å²) in [4.78, 5) is 2.92. The summed E-state index contributed by atoms with van der Waals surface area (Å²) in [6.45, 7) is 0.319. The Hall–Kier alpha value is -0.730. The van der Waals surface area contributed by atoms with Gasteiger partial charge in [0.05, 0.1) is 26.5 Å². The molecule has 1 saturated heterocycles. The number of hydrogen-bond donors (Lipinski definition) is 1. The average molecular weight is 379 g/mol. The number of aromatic nitrogens is 2. The lowest BCUT2D eigenvalue weighted by molar-refractivity contribution is 0.568. The van der Waals surface area contributed by atoms with Gasteiger partial charge >= 0.3 is 0 Å². The molecule has 1 aliphatic heterocycles. The number of H-pyrrole nitrogens is 1. The molecule has 1 aromatic carbocycles. The molecule has 0 amide bonds. The summed E-state index contributed by atoms with van der Waals surface area (Å²) in [7, 11) is -3.03. The van der Waals surface area contributed by atoms with Gasteiger partial charge in [-0.2, -0.15) is 0 Å². The van der Waals surface area contributed by atoms with Crippen LogP contribution < -0.4 is 0 Å². The van der Waals surface area contributed by atoms with Gasteiger partial charge in [0.25, 0.3) is 0 Å². The molecular weight excluding hydrogens is 367 g/mol. The lowest BCUT2D eigenvalue weighted by atomic mass is 10.2. The number of halogens is 2. The Kier molecular flexibility index (Phi) is 3.50.